The van der Waals surface area contributed by atoms with E-state index in [-0.39, 0.29) is 22.9 Å². The SMILES string of the molecule is CC(C)NS(=O)(=O)c1cccc(C(=O)N(Cc2ccc(N(C)C)cc2)C[C@@H]2CCCO2)c1. The molecular formula is C24H33N3O4S. The standard InChI is InChI=1S/C24H33N3O4S/c1-18(2)25-32(29,30)23-9-5-7-20(15-23)24(28)27(17-22-8-6-14-31-22)16-19-10-12-21(13-11-19)26(3)4/h5,7,9-13,15,18,22,25H,6,8,14,16-17H2,1-4H3/t22-/m0/s1. The first-order valence-electron chi connectivity index (χ1n) is 11.0. The minimum Gasteiger partial charge on any atom is -0.378 e. The molecule has 1 fully saturated rings. The number of sulfonamides is 1. The van der Waals surface area contributed by atoms with E-state index in [0.29, 0.717) is 25.3 Å². The van der Waals surface area contributed by atoms with Crippen LogP contribution in [0.25, 0.3) is 0 Å². The normalized spacial score (nSPS) is 16.3. The second-order valence-corrected chi connectivity index (χ2v) is 10.4. The number of rotatable bonds is 9. The van der Waals surface area contributed by atoms with Crippen LogP contribution >= 0.6 is 0 Å². The molecule has 1 aliphatic rings. The lowest BCUT2D eigenvalue weighted by Gasteiger charge is -2.26. The van der Waals surface area contributed by atoms with Gasteiger partial charge >= 0.3 is 0 Å². The van der Waals surface area contributed by atoms with Gasteiger partial charge in [-0.1, -0.05) is 18.2 Å². The van der Waals surface area contributed by atoms with Gasteiger partial charge in [-0.15, -0.1) is 0 Å². The van der Waals surface area contributed by atoms with Crippen LogP contribution in [0.2, 0.25) is 0 Å². The molecule has 0 unspecified atom stereocenters. The molecular weight excluding hydrogens is 426 g/mol. The Bertz CT molecular complexity index is 1010. The topological polar surface area (TPSA) is 79.0 Å². The number of carbonyl (C=O) groups excluding carboxylic acids is 1. The predicted molar refractivity (Wildman–Crippen MR) is 126 cm³/mol. The number of amides is 1. The first kappa shape index (κ1) is 24.2. The molecule has 1 aliphatic heterocycles. The third-order valence-corrected chi connectivity index (χ3v) is 7.00. The fourth-order valence-electron chi connectivity index (χ4n) is 3.73. The summed E-state index contributed by atoms with van der Waals surface area (Å²) in [6, 6.07) is 14.1. The molecule has 8 heteroatoms. The smallest absolute Gasteiger partial charge is 0.254 e. The maximum Gasteiger partial charge on any atom is 0.254 e. The van der Waals surface area contributed by atoms with Crippen LogP contribution in [-0.4, -0.2) is 58.6 Å². The second kappa shape index (κ2) is 10.5. The summed E-state index contributed by atoms with van der Waals surface area (Å²) in [4.78, 5) is 17.3. The van der Waals surface area contributed by atoms with E-state index < -0.39 is 10.0 Å². The Hall–Kier alpha value is -2.42. The fourth-order valence-corrected chi connectivity index (χ4v) is 5.03. The molecule has 1 saturated heterocycles. The van der Waals surface area contributed by atoms with Crippen molar-refractivity contribution in [2.45, 2.75) is 50.3 Å². The summed E-state index contributed by atoms with van der Waals surface area (Å²) >= 11 is 0. The van der Waals surface area contributed by atoms with Crippen LogP contribution in [0, 0.1) is 0 Å². The van der Waals surface area contributed by atoms with Crippen LogP contribution in [0.15, 0.2) is 53.4 Å². The second-order valence-electron chi connectivity index (χ2n) is 8.69. The van der Waals surface area contributed by atoms with Crippen LogP contribution in [0.1, 0.15) is 42.6 Å². The maximum atomic E-state index is 13.5. The molecule has 1 atom stereocenters. The fraction of sp³-hybridized carbons (Fsp3) is 0.458. The predicted octanol–water partition coefficient (Wildman–Crippen LogP) is 3.26. The van der Waals surface area contributed by atoms with Crippen LogP contribution in [0.5, 0.6) is 0 Å². The van der Waals surface area contributed by atoms with Crippen LogP contribution in [0.4, 0.5) is 5.69 Å². The van der Waals surface area contributed by atoms with Crippen molar-refractivity contribution in [3.05, 3.63) is 59.7 Å². The third kappa shape index (κ3) is 6.31. The molecule has 1 heterocycles. The summed E-state index contributed by atoms with van der Waals surface area (Å²) in [7, 11) is 0.282. The third-order valence-electron chi connectivity index (χ3n) is 5.34. The number of anilines is 1. The summed E-state index contributed by atoms with van der Waals surface area (Å²) in [5, 5.41) is 0. The zero-order valence-electron chi connectivity index (χ0n) is 19.2. The Morgan fingerprint density at radius 1 is 1.16 bits per heavy atom. The van der Waals surface area contributed by atoms with E-state index in [9.17, 15) is 13.2 Å². The Morgan fingerprint density at radius 2 is 1.88 bits per heavy atom. The van der Waals surface area contributed by atoms with Crippen molar-refractivity contribution < 1.29 is 17.9 Å². The van der Waals surface area contributed by atoms with Gasteiger partial charge in [-0.05, 0) is 62.6 Å². The highest BCUT2D eigenvalue weighted by atomic mass is 32.2. The highest BCUT2D eigenvalue weighted by Crippen LogP contribution is 2.20. The van der Waals surface area contributed by atoms with Crippen LogP contribution in [0.3, 0.4) is 0 Å². The molecule has 1 amide bonds. The zero-order valence-corrected chi connectivity index (χ0v) is 20.1. The Kier molecular flexibility index (Phi) is 7.92. The molecule has 0 radical (unpaired) electrons. The lowest BCUT2D eigenvalue weighted by Crippen LogP contribution is -2.37. The average molecular weight is 460 g/mol. The Morgan fingerprint density at radius 3 is 2.47 bits per heavy atom. The number of benzene rings is 2. The van der Waals surface area contributed by atoms with Crippen molar-refractivity contribution in [3.63, 3.8) is 0 Å². The lowest BCUT2D eigenvalue weighted by molar-refractivity contribution is 0.0507. The number of carbonyl (C=O) groups is 1. The van der Waals surface area contributed by atoms with Gasteiger partial charge < -0.3 is 14.5 Å². The number of ether oxygens (including phenoxy) is 1. The average Bonchev–Trinajstić information content (AvgIpc) is 3.25. The first-order chi connectivity index (χ1) is 15.2. The lowest BCUT2D eigenvalue weighted by atomic mass is 10.1. The van der Waals surface area contributed by atoms with Gasteiger partial charge in [0.05, 0.1) is 11.0 Å². The molecule has 2 aromatic rings. The minimum absolute atomic E-state index is 0.00507. The summed E-state index contributed by atoms with van der Waals surface area (Å²) in [6.07, 6.45) is 1.89. The maximum absolute atomic E-state index is 13.5. The molecule has 0 saturated carbocycles. The molecule has 2 aromatic carbocycles. The molecule has 32 heavy (non-hydrogen) atoms. The molecule has 0 bridgehead atoms. The highest BCUT2D eigenvalue weighted by Gasteiger charge is 2.25. The van der Waals surface area contributed by atoms with Crippen molar-refractivity contribution in [1.82, 2.24) is 9.62 Å². The van der Waals surface area contributed by atoms with E-state index in [1.54, 1.807) is 30.9 Å². The monoisotopic (exact) mass is 459 g/mol. The molecule has 174 valence electrons. The summed E-state index contributed by atoms with van der Waals surface area (Å²) in [5.74, 6) is -0.209. The van der Waals surface area contributed by atoms with Gasteiger partial charge in [0, 0.05) is 51.1 Å². The van der Waals surface area contributed by atoms with E-state index in [4.69, 9.17) is 4.74 Å². The van der Waals surface area contributed by atoms with Crippen molar-refractivity contribution in [1.29, 1.82) is 0 Å². The zero-order chi connectivity index (χ0) is 23.3. The molecule has 1 N–H and O–H groups in total. The quantitative estimate of drug-likeness (QED) is 0.623. The largest absolute Gasteiger partial charge is 0.378 e. The van der Waals surface area contributed by atoms with Crippen molar-refractivity contribution >= 4 is 21.6 Å². The van der Waals surface area contributed by atoms with Gasteiger partial charge in [-0.3, -0.25) is 4.79 Å². The molecule has 0 aromatic heterocycles. The first-order valence-corrected chi connectivity index (χ1v) is 12.4. The van der Waals surface area contributed by atoms with Crippen molar-refractivity contribution in [3.8, 4) is 0 Å². The van der Waals surface area contributed by atoms with E-state index >= 15 is 0 Å². The van der Waals surface area contributed by atoms with E-state index in [2.05, 4.69) is 4.72 Å². The van der Waals surface area contributed by atoms with E-state index in [0.717, 1.165) is 24.1 Å². The Labute approximate surface area is 191 Å². The highest BCUT2D eigenvalue weighted by molar-refractivity contribution is 7.89. The molecule has 0 spiro atoms. The summed E-state index contributed by atoms with van der Waals surface area (Å²) in [5.41, 5.74) is 2.44. The van der Waals surface area contributed by atoms with E-state index in [1.165, 1.54) is 12.1 Å². The number of hydrogen-bond acceptors (Lipinski definition) is 5. The van der Waals surface area contributed by atoms with Gasteiger partial charge in [0.25, 0.3) is 5.91 Å². The number of nitrogens with zero attached hydrogens (tertiary/aromatic N) is 2. The van der Waals surface area contributed by atoms with Gasteiger partial charge in [0.1, 0.15) is 0 Å². The number of nitrogens with one attached hydrogen (secondary N) is 1. The van der Waals surface area contributed by atoms with Crippen molar-refractivity contribution in [2.75, 3.05) is 32.1 Å². The summed E-state index contributed by atoms with van der Waals surface area (Å²) < 4.78 is 33.5. The number of hydrogen-bond donors (Lipinski definition) is 1. The summed E-state index contributed by atoms with van der Waals surface area (Å²) in [6.45, 7) is 5.12. The van der Waals surface area contributed by atoms with E-state index in [1.807, 2.05) is 43.3 Å². The minimum atomic E-state index is -3.69. The molecule has 0 aliphatic carbocycles. The van der Waals surface area contributed by atoms with Crippen LogP contribution in [-0.2, 0) is 21.3 Å². The molecule has 3 rings (SSSR count). The van der Waals surface area contributed by atoms with Gasteiger partial charge in [-0.25, -0.2) is 13.1 Å². The van der Waals surface area contributed by atoms with Gasteiger partial charge in [0.2, 0.25) is 10.0 Å². The van der Waals surface area contributed by atoms with Gasteiger partial charge in [-0.2, -0.15) is 0 Å². The van der Waals surface area contributed by atoms with Crippen molar-refractivity contribution in [2.24, 2.45) is 0 Å². The molecule has 7 nitrogen and oxygen atoms in total. The Balaban J connectivity index is 1.85. The van der Waals surface area contributed by atoms with Crippen LogP contribution < -0.4 is 9.62 Å². The van der Waals surface area contributed by atoms with Gasteiger partial charge in [0.15, 0.2) is 0 Å².